The van der Waals surface area contributed by atoms with Gasteiger partial charge in [0, 0.05) is 23.2 Å². The predicted octanol–water partition coefficient (Wildman–Crippen LogP) is 7.20. The van der Waals surface area contributed by atoms with Gasteiger partial charge in [-0.1, -0.05) is 58.4 Å². The number of nitrogens with one attached hydrogen (secondary N) is 1. The molecule has 0 bridgehead atoms. The van der Waals surface area contributed by atoms with Crippen LogP contribution in [0.1, 0.15) is 91.7 Å². The van der Waals surface area contributed by atoms with Crippen LogP contribution < -0.4 is 5.32 Å². The molecule has 2 amide bonds. The predicted molar refractivity (Wildman–Crippen MR) is 140 cm³/mol. The number of carbonyl (C=O) groups excluding carboxylic acids is 1. The van der Waals surface area contributed by atoms with Crippen LogP contribution in [0.15, 0.2) is 41.1 Å². The maximum atomic E-state index is 13.6. The third kappa shape index (κ3) is 4.52. The Labute approximate surface area is 214 Å². The molecular weight excluding hydrogens is 460 g/mol. The molecule has 1 aromatic rings. The van der Waals surface area contributed by atoms with E-state index in [1.54, 1.807) is 4.90 Å². The van der Waals surface area contributed by atoms with Gasteiger partial charge in [0.2, 0.25) is 0 Å². The van der Waals surface area contributed by atoms with E-state index < -0.39 is 17.0 Å². The maximum absolute atomic E-state index is 13.6. The van der Waals surface area contributed by atoms with Crippen LogP contribution in [0.4, 0.5) is 4.79 Å². The van der Waals surface area contributed by atoms with E-state index in [1.165, 1.54) is 0 Å². The summed E-state index contributed by atoms with van der Waals surface area (Å²) in [6, 6.07) is 6.10. The van der Waals surface area contributed by atoms with Crippen LogP contribution in [0.3, 0.4) is 0 Å². The minimum Gasteiger partial charge on any atom is -0.478 e. The highest BCUT2D eigenvalue weighted by Crippen LogP contribution is 2.53. The second-order valence-corrected chi connectivity index (χ2v) is 13.3. The molecule has 2 aliphatic carbocycles. The molecule has 0 spiro atoms. The Kier molecular flexibility index (Phi) is 6.19. The number of carboxylic acid groups (broad SMARTS) is 1. The monoisotopic (exact) mass is 498 g/mol. The minimum absolute atomic E-state index is 0.108. The van der Waals surface area contributed by atoms with Gasteiger partial charge in [-0.2, -0.15) is 0 Å². The van der Waals surface area contributed by atoms with Gasteiger partial charge in [-0.15, -0.1) is 0 Å². The van der Waals surface area contributed by atoms with E-state index in [9.17, 15) is 14.7 Å². The highest BCUT2D eigenvalue weighted by atomic mass is 35.5. The molecule has 1 saturated carbocycles. The van der Waals surface area contributed by atoms with Crippen molar-refractivity contribution in [3.05, 3.63) is 57.3 Å². The smallest absolute Gasteiger partial charge is 0.331 e. The summed E-state index contributed by atoms with van der Waals surface area (Å²) in [6.45, 7) is 15.0. The van der Waals surface area contributed by atoms with Gasteiger partial charge in [0.05, 0.1) is 11.1 Å². The van der Waals surface area contributed by atoms with E-state index in [2.05, 4.69) is 52.1 Å². The molecule has 2 atom stereocenters. The lowest BCUT2D eigenvalue weighted by molar-refractivity contribution is -0.133. The number of carboxylic acids is 1. The lowest BCUT2D eigenvalue weighted by atomic mass is 9.63. The second-order valence-electron chi connectivity index (χ2n) is 12.9. The van der Waals surface area contributed by atoms with Gasteiger partial charge in [-0.3, -0.25) is 4.90 Å². The summed E-state index contributed by atoms with van der Waals surface area (Å²) in [5.41, 5.74) is 3.57. The molecule has 2 N–H and O–H groups in total. The molecule has 1 aliphatic heterocycles. The Morgan fingerprint density at radius 2 is 1.86 bits per heavy atom. The van der Waals surface area contributed by atoms with Crippen LogP contribution in [0, 0.1) is 10.8 Å². The molecule has 4 rings (SSSR count). The molecule has 35 heavy (non-hydrogen) atoms. The fraction of sp³-hybridized carbons (Fsp3) is 0.586. The van der Waals surface area contributed by atoms with E-state index in [1.807, 2.05) is 26.1 Å². The van der Waals surface area contributed by atoms with Gasteiger partial charge >= 0.3 is 12.0 Å². The number of halogens is 1. The van der Waals surface area contributed by atoms with E-state index in [0.29, 0.717) is 12.0 Å². The van der Waals surface area contributed by atoms with Crippen molar-refractivity contribution in [3.8, 4) is 0 Å². The first-order chi connectivity index (χ1) is 16.1. The molecule has 5 nitrogen and oxygen atoms in total. The molecule has 1 aromatic carbocycles. The number of aliphatic carboxylic acids is 1. The Morgan fingerprint density at radius 3 is 2.43 bits per heavy atom. The maximum Gasteiger partial charge on any atom is 0.331 e. The minimum atomic E-state index is -0.903. The summed E-state index contributed by atoms with van der Waals surface area (Å²) >= 11 is 6.79. The van der Waals surface area contributed by atoms with Crippen LogP contribution in [0.25, 0.3) is 0 Å². The number of urea groups is 1. The van der Waals surface area contributed by atoms with Crippen LogP contribution in [-0.4, -0.2) is 27.5 Å². The number of benzene rings is 1. The van der Waals surface area contributed by atoms with E-state index in [4.69, 9.17) is 11.6 Å². The summed E-state index contributed by atoms with van der Waals surface area (Å²) in [4.78, 5) is 26.9. The number of hydrogen-bond acceptors (Lipinski definition) is 2. The fourth-order valence-corrected chi connectivity index (χ4v) is 6.10. The molecule has 0 saturated heterocycles. The normalized spacial score (nSPS) is 28.2. The Hall–Kier alpha value is -2.27. The van der Waals surface area contributed by atoms with Gasteiger partial charge in [0.25, 0.3) is 0 Å². The van der Waals surface area contributed by atoms with E-state index in [-0.39, 0.29) is 16.9 Å². The number of nitrogens with zero attached hydrogens (tertiary/aromatic N) is 1. The Bertz CT molecular complexity index is 1140. The van der Waals surface area contributed by atoms with Gasteiger partial charge in [-0.05, 0) is 85.1 Å². The quantitative estimate of drug-likeness (QED) is 0.451. The lowest BCUT2D eigenvalue weighted by Crippen LogP contribution is -2.64. The van der Waals surface area contributed by atoms with Crippen molar-refractivity contribution in [1.29, 1.82) is 0 Å². The fourth-order valence-electron chi connectivity index (χ4n) is 5.82. The zero-order valence-electron chi connectivity index (χ0n) is 22.1. The zero-order valence-corrected chi connectivity index (χ0v) is 22.9. The van der Waals surface area contributed by atoms with Crippen molar-refractivity contribution in [2.75, 3.05) is 0 Å². The topological polar surface area (TPSA) is 69.6 Å². The first kappa shape index (κ1) is 25.8. The third-order valence-corrected chi connectivity index (χ3v) is 8.83. The van der Waals surface area contributed by atoms with Gasteiger partial charge in [-0.25, -0.2) is 9.59 Å². The summed E-state index contributed by atoms with van der Waals surface area (Å²) in [5.74, 6) is -0.903. The number of hydrogen-bond donors (Lipinski definition) is 2. The van der Waals surface area contributed by atoms with Crippen LogP contribution in [-0.2, 0) is 16.8 Å². The first-order valence-corrected chi connectivity index (χ1v) is 13.0. The number of amides is 2. The third-order valence-electron chi connectivity index (χ3n) is 8.48. The van der Waals surface area contributed by atoms with Crippen LogP contribution >= 0.6 is 11.6 Å². The Balaban J connectivity index is 1.73. The van der Waals surface area contributed by atoms with Crippen LogP contribution in [0.5, 0.6) is 0 Å². The molecule has 1 fully saturated rings. The van der Waals surface area contributed by atoms with Crippen molar-refractivity contribution < 1.29 is 14.7 Å². The molecular formula is C29H39ClN2O3. The largest absolute Gasteiger partial charge is 0.478 e. The van der Waals surface area contributed by atoms with Crippen molar-refractivity contribution in [3.63, 3.8) is 0 Å². The van der Waals surface area contributed by atoms with Crippen molar-refractivity contribution in [2.45, 2.75) is 98.1 Å². The zero-order chi connectivity index (χ0) is 26.0. The first-order valence-electron chi connectivity index (χ1n) is 12.6. The average molecular weight is 499 g/mol. The molecule has 1 heterocycles. The van der Waals surface area contributed by atoms with E-state index >= 15 is 0 Å². The van der Waals surface area contributed by atoms with Crippen molar-refractivity contribution in [1.82, 2.24) is 10.2 Å². The van der Waals surface area contributed by atoms with E-state index in [0.717, 1.165) is 59.4 Å². The molecule has 0 radical (unpaired) electrons. The molecule has 190 valence electrons. The Morgan fingerprint density at radius 1 is 1.17 bits per heavy atom. The number of aryl methyl sites for hydroxylation is 1. The van der Waals surface area contributed by atoms with Crippen molar-refractivity contribution in [2.24, 2.45) is 10.8 Å². The molecule has 6 heteroatoms. The summed E-state index contributed by atoms with van der Waals surface area (Å²) in [6.07, 6.45) is 6.94. The summed E-state index contributed by atoms with van der Waals surface area (Å²) in [5, 5.41) is 13.6. The highest BCUT2D eigenvalue weighted by Gasteiger charge is 2.53. The molecule has 3 aliphatic rings. The SMILES string of the molecule is CC1=C(C(=O)O)CC1(C)N1C=C2CC(C)(C)CC[C@]2(c2ccc(CCC(C)(C)C)c(Cl)c2)NC1=O. The molecule has 1 unspecified atom stereocenters. The van der Waals surface area contributed by atoms with Crippen molar-refractivity contribution >= 4 is 23.6 Å². The lowest BCUT2D eigenvalue weighted by Gasteiger charge is -2.55. The highest BCUT2D eigenvalue weighted by molar-refractivity contribution is 6.31. The average Bonchev–Trinajstić information content (AvgIpc) is 2.74. The number of carbonyl (C=O) groups is 2. The second kappa shape index (κ2) is 8.40. The number of rotatable bonds is 5. The van der Waals surface area contributed by atoms with Gasteiger partial charge in [0.1, 0.15) is 0 Å². The van der Waals surface area contributed by atoms with Gasteiger partial charge < -0.3 is 10.4 Å². The summed E-state index contributed by atoms with van der Waals surface area (Å²) in [7, 11) is 0. The summed E-state index contributed by atoms with van der Waals surface area (Å²) < 4.78 is 0. The standard InChI is InChI=1S/C29H39ClN2O3/c1-18-22(24(33)34)16-28(18,7)32-17-21-15-27(5,6)12-13-29(21,31-25(32)35)20-9-8-19(23(30)14-20)10-11-26(2,3)4/h8-9,14,17H,10-13,15-16H2,1-7H3,(H,31,35)(H,33,34)/t28?,29-/m1/s1. The van der Waals surface area contributed by atoms with Crippen LogP contribution in [0.2, 0.25) is 5.02 Å². The number of fused-ring (bicyclic) bond motifs is 1. The molecule has 0 aromatic heterocycles. The van der Waals surface area contributed by atoms with Gasteiger partial charge in [0.15, 0.2) is 0 Å².